The molecular formula is C21H28N2O3. The van der Waals surface area contributed by atoms with Gasteiger partial charge in [-0.2, -0.15) is 0 Å². The van der Waals surface area contributed by atoms with Gasteiger partial charge in [0.1, 0.15) is 0 Å². The molecule has 1 saturated heterocycles. The summed E-state index contributed by atoms with van der Waals surface area (Å²) in [5.41, 5.74) is 2.26. The number of benzene rings is 1. The molecule has 1 unspecified atom stereocenters. The van der Waals surface area contributed by atoms with Gasteiger partial charge in [0.25, 0.3) is 5.91 Å². The number of carbonyl (C=O) groups is 2. The molecule has 5 heteroatoms. The molecule has 0 bridgehead atoms. The molecule has 2 N–H and O–H groups in total. The molecule has 1 aliphatic heterocycles. The van der Waals surface area contributed by atoms with Crippen molar-refractivity contribution in [1.82, 2.24) is 10.6 Å². The summed E-state index contributed by atoms with van der Waals surface area (Å²) >= 11 is 0. The Morgan fingerprint density at radius 1 is 1.23 bits per heavy atom. The van der Waals surface area contributed by atoms with E-state index in [-0.39, 0.29) is 23.5 Å². The molecule has 1 aromatic rings. The first-order chi connectivity index (χ1) is 12.4. The van der Waals surface area contributed by atoms with Crippen LogP contribution in [-0.4, -0.2) is 25.2 Å². The second-order valence-electron chi connectivity index (χ2n) is 8.64. The predicted octanol–water partition coefficient (Wildman–Crippen LogP) is 3.05. The van der Waals surface area contributed by atoms with Gasteiger partial charge in [-0.05, 0) is 61.1 Å². The Morgan fingerprint density at radius 3 is 2.54 bits per heavy atom. The molecule has 1 saturated carbocycles. The van der Waals surface area contributed by atoms with Crippen molar-refractivity contribution in [3.63, 3.8) is 0 Å². The van der Waals surface area contributed by atoms with Gasteiger partial charge in [0.05, 0.1) is 6.10 Å². The van der Waals surface area contributed by atoms with Gasteiger partial charge in [0.2, 0.25) is 0 Å². The van der Waals surface area contributed by atoms with Crippen LogP contribution in [0.25, 0.3) is 0 Å². The van der Waals surface area contributed by atoms with Gasteiger partial charge >= 0.3 is 6.03 Å². The van der Waals surface area contributed by atoms with Crippen molar-refractivity contribution in [2.24, 2.45) is 11.3 Å². The summed E-state index contributed by atoms with van der Waals surface area (Å²) in [5, 5.41) is 5.60. The van der Waals surface area contributed by atoms with Gasteiger partial charge in [0, 0.05) is 12.5 Å². The summed E-state index contributed by atoms with van der Waals surface area (Å²) in [5.74, 6) is 0.363. The van der Waals surface area contributed by atoms with E-state index < -0.39 is 5.54 Å². The number of methoxy groups -OCH3 is 1. The highest BCUT2D eigenvalue weighted by molar-refractivity contribution is 6.08. The Bertz CT molecular complexity index is 750. The number of imide groups is 1. The molecule has 1 heterocycles. The molecule has 26 heavy (non-hydrogen) atoms. The SMILES string of the molecule is COC1CCC2(CC1)Cc1ccc(CC(C)C)cc1C21NC(=O)NC1=O. The van der Waals surface area contributed by atoms with Crippen LogP contribution >= 0.6 is 0 Å². The molecule has 0 radical (unpaired) electrons. The Labute approximate surface area is 154 Å². The monoisotopic (exact) mass is 356 g/mol. The molecule has 5 nitrogen and oxygen atoms in total. The molecule has 0 aromatic heterocycles. The normalized spacial score (nSPS) is 33.0. The summed E-state index contributed by atoms with van der Waals surface area (Å²) < 4.78 is 5.54. The standard InChI is InChI=1S/C21H28N2O3/c1-13(2)10-14-4-5-15-12-20(8-6-16(26-3)7-9-20)21(17(15)11-14)18(24)22-19(25)23-21/h4-5,11,13,16H,6-10,12H2,1-3H3,(H2,22,23,24,25). The van der Waals surface area contributed by atoms with Crippen molar-refractivity contribution in [1.29, 1.82) is 0 Å². The van der Waals surface area contributed by atoms with Crippen LogP contribution in [0.3, 0.4) is 0 Å². The zero-order chi connectivity index (χ0) is 18.5. The van der Waals surface area contributed by atoms with Gasteiger partial charge in [-0.1, -0.05) is 32.0 Å². The minimum Gasteiger partial charge on any atom is -0.381 e. The molecular weight excluding hydrogens is 328 g/mol. The third-order valence-corrected chi connectivity index (χ3v) is 6.64. The van der Waals surface area contributed by atoms with Crippen LogP contribution in [0.15, 0.2) is 18.2 Å². The van der Waals surface area contributed by atoms with Crippen LogP contribution < -0.4 is 10.6 Å². The second-order valence-corrected chi connectivity index (χ2v) is 8.64. The lowest BCUT2D eigenvalue weighted by molar-refractivity contribution is -0.131. The lowest BCUT2D eigenvalue weighted by atomic mass is 9.61. The van der Waals surface area contributed by atoms with E-state index in [1.54, 1.807) is 7.11 Å². The molecule has 2 fully saturated rings. The first-order valence-electron chi connectivity index (χ1n) is 9.69. The third-order valence-electron chi connectivity index (χ3n) is 6.64. The lowest BCUT2D eigenvalue weighted by Gasteiger charge is -2.46. The summed E-state index contributed by atoms with van der Waals surface area (Å²) in [6.07, 6.45) is 5.67. The average Bonchev–Trinajstić information content (AvgIpc) is 3.04. The number of urea groups is 1. The van der Waals surface area contributed by atoms with E-state index in [1.807, 2.05) is 0 Å². The Morgan fingerprint density at radius 2 is 1.96 bits per heavy atom. The highest BCUT2D eigenvalue weighted by Gasteiger charge is 2.66. The van der Waals surface area contributed by atoms with Crippen molar-refractivity contribution in [3.05, 3.63) is 34.9 Å². The fourth-order valence-electron chi connectivity index (χ4n) is 5.46. The molecule has 2 spiro atoms. The Balaban J connectivity index is 1.80. The number of hydrogen-bond donors (Lipinski definition) is 2. The zero-order valence-electron chi connectivity index (χ0n) is 15.9. The lowest BCUT2D eigenvalue weighted by Crippen LogP contribution is -2.56. The van der Waals surface area contributed by atoms with E-state index in [9.17, 15) is 9.59 Å². The topological polar surface area (TPSA) is 67.4 Å². The van der Waals surface area contributed by atoms with Crippen LogP contribution in [0.4, 0.5) is 4.79 Å². The molecule has 3 amide bonds. The van der Waals surface area contributed by atoms with Gasteiger partial charge in [-0.3, -0.25) is 10.1 Å². The third kappa shape index (κ3) is 2.40. The van der Waals surface area contributed by atoms with E-state index in [4.69, 9.17) is 4.74 Å². The summed E-state index contributed by atoms with van der Waals surface area (Å²) in [4.78, 5) is 25.3. The summed E-state index contributed by atoms with van der Waals surface area (Å²) in [6.45, 7) is 4.39. The number of amides is 3. The molecule has 140 valence electrons. The molecule has 4 rings (SSSR count). The Hall–Kier alpha value is -1.88. The summed E-state index contributed by atoms with van der Waals surface area (Å²) in [6, 6.07) is 6.15. The molecule has 1 atom stereocenters. The zero-order valence-corrected chi connectivity index (χ0v) is 15.9. The minimum atomic E-state index is -0.925. The largest absolute Gasteiger partial charge is 0.381 e. The first-order valence-corrected chi connectivity index (χ1v) is 9.69. The van der Waals surface area contributed by atoms with Gasteiger partial charge < -0.3 is 10.1 Å². The van der Waals surface area contributed by atoms with Gasteiger partial charge in [-0.15, -0.1) is 0 Å². The minimum absolute atomic E-state index is 0.182. The predicted molar refractivity (Wildman–Crippen MR) is 98.7 cm³/mol. The van der Waals surface area contributed by atoms with Crippen LogP contribution in [0.2, 0.25) is 0 Å². The van der Waals surface area contributed by atoms with Crippen molar-refractivity contribution in [3.8, 4) is 0 Å². The number of rotatable bonds is 3. The molecule has 3 aliphatic rings. The molecule has 1 aromatic carbocycles. The van der Waals surface area contributed by atoms with Crippen molar-refractivity contribution in [2.45, 2.75) is 64.0 Å². The van der Waals surface area contributed by atoms with Crippen molar-refractivity contribution in [2.75, 3.05) is 7.11 Å². The van der Waals surface area contributed by atoms with Gasteiger partial charge in [-0.25, -0.2) is 4.79 Å². The van der Waals surface area contributed by atoms with Crippen LogP contribution in [-0.2, 0) is 27.9 Å². The van der Waals surface area contributed by atoms with E-state index in [1.165, 1.54) is 11.1 Å². The number of hydrogen-bond acceptors (Lipinski definition) is 3. The number of fused-ring (bicyclic) bond motifs is 3. The average molecular weight is 356 g/mol. The van der Waals surface area contributed by atoms with E-state index in [2.05, 4.69) is 42.7 Å². The van der Waals surface area contributed by atoms with Crippen molar-refractivity contribution >= 4 is 11.9 Å². The number of ether oxygens (including phenoxy) is 1. The van der Waals surface area contributed by atoms with Crippen molar-refractivity contribution < 1.29 is 14.3 Å². The number of nitrogens with one attached hydrogen (secondary N) is 2. The highest BCUT2D eigenvalue weighted by Crippen LogP contribution is 2.59. The quantitative estimate of drug-likeness (QED) is 0.818. The summed E-state index contributed by atoms with van der Waals surface area (Å²) in [7, 11) is 1.75. The second kappa shape index (κ2) is 6.08. The highest BCUT2D eigenvalue weighted by atomic mass is 16.5. The Kier molecular flexibility index (Phi) is 4.10. The maximum Gasteiger partial charge on any atom is 0.322 e. The maximum absolute atomic E-state index is 13.1. The number of carbonyl (C=O) groups excluding carboxylic acids is 2. The van der Waals surface area contributed by atoms with Crippen LogP contribution in [0.5, 0.6) is 0 Å². The fraction of sp³-hybridized carbons (Fsp3) is 0.619. The van der Waals surface area contributed by atoms with Crippen LogP contribution in [0, 0.1) is 11.3 Å². The van der Waals surface area contributed by atoms with E-state index in [0.717, 1.165) is 44.1 Å². The first kappa shape index (κ1) is 17.5. The van der Waals surface area contributed by atoms with Crippen LogP contribution in [0.1, 0.15) is 56.2 Å². The van der Waals surface area contributed by atoms with E-state index >= 15 is 0 Å². The van der Waals surface area contributed by atoms with Gasteiger partial charge in [0.15, 0.2) is 5.54 Å². The smallest absolute Gasteiger partial charge is 0.322 e. The molecule has 2 aliphatic carbocycles. The van der Waals surface area contributed by atoms with E-state index in [0.29, 0.717) is 5.92 Å². The fourth-order valence-corrected chi connectivity index (χ4v) is 5.46. The maximum atomic E-state index is 13.1.